The molecule has 0 aliphatic rings. The molecule has 146 valence electrons. The van der Waals surface area contributed by atoms with Gasteiger partial charge in [-0.2, -0.15) is 11.3 Å². The molecular formula is C20H21N3O4S. The van der Waals surface area contributed by atoms with Gasteiger partial charge in [-0.15, -0.1) is 0 Å². The number of amides is 2. The third-order valence-electron chi connectivity index (χ3n) is 4.06. The molecule has 7 nitrogen and oxygen atoms in total. The van der Waals surface area contributed by atoms with Gasteiger partial charge in [-0.1, -0.05) is 0 Å². The molecule has 8 heteroatoms. The second kappa shape index (κ2) is 8.73. The summed E-state index contributed by atoms with van der Waals surface area (Å²) in [6.07, 6.45) is -1.05. The molecule has 1 aromatic carbocycles. The fraction of sp³-hybridized carbons (Fsp3) is 0.200. The molecule has 3 N–H and O–H groups in total. The number of thiophene rings is 1. The van der Waals surface area contributed by atoms with Gasteiger partial charge in [0, 0.05) is 36.4 Å². The number of furan rings is 1. The average molecular weight is 399 g/mol. The highest BCUT2D eigenvalue weighted by Crippen LogP contribution is 2.26. The molecule has 2 amide bonds. The van der Waals surface area contributed by atoms with Crippen molar-refractivity contribution in [2.24, 2.45) is 0 Å². The Hall–Kier alpha value is -3.10. The number of aliphatic hydroxyl groups excluding tert-OH is 1. The van der Waals surface area contributed by atoms with E-state index in [4.69, 9.17) is 4.42 Å². The number of nitrogens with zero attached hydrogens (tertiary/aromatic N) is 1. The van der Waals surface area contributed by atoms with Gasteiger partial charge in [0.15, 0.2) is 0 Å². The first-order valence-corrected chi connectivity index (χ1v) is 9.55. The molecule has 1 atom stereocenters. The lowest BCUT2D eigenvalue weighted by atomic mass is 10.2. The molecule has 2 aromatic heterocycles. The van der Waals surface area contributed by atoms with E-state index in [0.29, 0.717) is 17.2 Å². The van der Waals surface area contributed by atoms with Crippen LogP contribution in [0.5, 0.6) is 0 Å². The summed E-state index contributed by atoms with van der Waals surface area (Å²) in [6, 6.07) is 12.4. The molecule has 0 bridgehead atoms. The van der Waals surface area contributed by atoms with Crippen molar-refractivity contribution in [1.29, 1.82) is 0 Å². The molecule has 0 spiro atoms. The number of carbonyl (C=O) groups is 2. The zero-order valence-corrected chi connectivity index (χ0v) is 16.3. The van der Waals surface area contributed by atoms with Gasteiger partial charge >= 0.3 is 11.8 Å². The van der Waals surface area contributed by atoms with Crippen LogP contribution in [0.4, 0.5) is 11.4 Å². The lowest BCUT2D eigenvalue weighted by Crippen LogP contribution is -2.37. The maximum absolute atomic E-state index is 12.0. The first-order chi connectivity index (χ1) is 13.4. The quantitative estimate of drug-likeness (QED) is 0.554. The monoisotopic (exact) mass is 399 g/mol. The molecule has 28 heavy (non-hydrogen) atoms. The Morgan fingerprint density at radius 2 is 1.86 bits per heavy atom. The number of nitrogens with one attached hydrogen (secondary N) is 2. The van der Waals surface area contributed by atoms with Crippen molar-refractivity contribution in [3.63, 3.8) is 0 Å². The van der Waals surface area contributed by atoms with Crippen molar-refractivity contribution >= 4 is 34.5 Å². The Balaban J connectivity index is 1.51. The number of rotatable bonds is 6. The lowest BCUT2D eigenvalue weighted by molar-refractivity contribution is -0.136. The van der Waals surface area contributed by atoms with Gasteiger partial charge in [0.2, 0.25) is 0 Å². The maximum Gasteiger partial charge on any atom is 0.313 e. The second-order valence-electron chi connectivity index (χ2n) is 6.34. The van der Waals surface area contributed by atoms with Crippen molar-refractivity contribution in [3.8, 4) is 11.3 Å². The minimum absolute atomic E-state index is 0.136. The van der Waals surface area contributed by atoms with Crippen LogP contribution in [-0.4, -0.2) is 37.6 Å². The number of anilines is 2. The standard InChI is InChI=1S/C20H21N3O4S/c1-23(2)15-5-3-14(4-6-15)22-20(26)19(25)21-11-16(24)18-8-7-17(27-18)13-9-10-28-12-13/h3-10,12,16,24H,11H2,1-2H3,(H,21,25)(H,22,26)/t16-/m1/s1. The van der Waals surface area contributed by atoms with Crippen LogP contribution in [0, 0.1) is 0 Å². The minimum atomic E-state index is -1.05. The SMILES string of the molecule is CN(C)c1ccc(NC(=O)C(=O)NC[C@@H](O)c2ccc(-c3ccsc3)o2)cc1. The van der Waals surface area contributed by atoms with Crippen LogP contribution in [0.1, 0.15) is 11.9 Å². The van der Waals surface area contributed by atoms with Crippen molar-refractivity contribution < 1.29 is 19.1 Å². The number of carbonyl (C=O) groups excluding carboxylic acids is 2. The fourth-order valence-electron chi connectivity index (χ4n) is 2.49. The molecule has 0 aliphatic carbocycles. The van der Waals surface area contributed by atoms with Crippen LogP contribution in [0.25, 0.3) is 11.3 Å². The number of hydrogen-bond acceptors (Lipinski definition) is 6. The van der Waals surface area contributed by atoms with Crippen LogP contribution in [-0.2, 0) is 9.59 Å². The summed E-state index contributed by atoms with van der Waals surface area (Å²) in [7, 11) is 3.82. The zero-order chi connectivity index (χ0) is 20.1. The van der Waals surface area contributed by atoms with Gasteiger partial charge in [-0.25, -0.2) is 0 Å². The van der Waals surface area contributed by atoms with Gasteiger partial charge in [0.05, 0.1) is 6.54 Å². The Morgan fingerprint density at radius 3 is 2.50 bits per heavy atom. The maximum atomic E-state index is 12.0. The predicted molar refractivity (Wildman–Crippen MR) is 109 cm³/mol. The third kappa shape index (κ3) is 4.79. The topological polar surface area (TPSA) is 94.8 Å². The molecule has 0 unspecified atom stereocenters. The van der Waals surface area contributed by atoms with Gasteiger partial charge in [0.25, 0.3) is 0 Å². The van der Waals surface area contributed by atoms with Crippen molar-refractivity contribution in [3.05, 3.63) is 59.0 Å². The number of hydrogen-bond donors (Lipinski definition) is 3. The summed E-state index contributed by atoms with van der Waals surface area (Å²) >= 11 is 1.55. The van der Waals surface area contributed by atoms with Gasteiger partial charge in [-0.3, -0.25) is 9.59 Å². The van der Waals surface area contributed by atoms with Crippen LogP contribution in [0.3, 0.4) is 0 Å². The van der Waals surface area contributed by atoms with Crippen LogP contribution < -0.4 is 15.5 Å². The summed E-state index contributed by atoms with van der Waals surface area (Å²) in [5.41, 5.74) is 2.41. The fourth-order valence-corrected chi connectivity index (χ4v) is 3.14. The summed E-state index contributed by atoms with van der Waals surface area (Å²) in [5.74, 6) is -0.676. The van der Waals surface area contributed by atoms with Crippen molar-refractivity contribution in [2.45, 2.75) is 6.10 Å². The van der Waals surface area contributed by atoms with E-state index in [1.165, 1.54) is 0 Å². The molecular weight excluding hydrogens is 378 g/mol. The molecule has 0 fully saturated rings. The number of aliphatic hydroxyl groups is 1. The van der Waals surface area contributed by atoms with E-state index < -0.39 is 17.9 Å². The average Bonchev–Trinajstić information content (AvgIpc) is 3.37. The predicted octanol–water partition coefficient (Wildman–Crippen LogP) is 2.86. The van der Waals surface area contributed by atoms with E-state index in [-0.39, 0.29) is 6.54 Å². The highest BCUT2D eigenvalue weighted by molar-refractivity contribution is 7.08. The summed E-state index contributed by atoms with van der Waals surface area (Å²) in [5, 5.41) is 19.0. The Bertz CT molecular complexity index is 933. The molecule has 0 aliphatic heterocycles. The normalized spacial score (nSPS) is 11.7. The zero-order valence-electron chi connectivity index (χ0n) is 15.5. The first kappa shape index (κ1) is 19.7. The molecule has 3 aromatic rings. The molecule has 0 radical (unpaired) electrons. The van der Waals surface area contributed by atoms with Crippen molar-refractivity contribution in [1.82, 2.24) is 5.32 Å². The van der Waals surface area contributed by atoms with E-state index in [0.717, 1.165) is 11.3 Å². The van der Waals surface area contributed by atoms with E-state index in [1.807, 2.05) is 48.0 Å². The van der Waals surface area contributed by atoms with E-state index in [9.17, 15) is 14.7 Å². The van der Waals surface area contributed by atoms with Crippen LogP contribution in [0.2, 0.25) is 0 Å². The van der Waals surface area contributed by atoms with Crippen LogP contribution >= 0.6 is 11.3 Å². The van der Waals surface area contributed by atoms with Crippen molar-refractivity contribution in [2.75, 3.05) is 30.9 Å². The minimum Gasteiger partial charge on any atom is -0.458 e. The number of benzene rings is 1. The summed E-state index contributed by atoms with van der Waals surface area (Å²) in [6.45, 7) is -0.136. The molecule has 3 rings (SSSR count). The summed E-state index contributed by atoms with van der Waals surface area (Å²) in [4.78, 5) is 25.9. The Morgan fingerprint density at radius 1 is 1.11 bits per heavy atom. The summed E-state index contributed by atoms with van der Waals surface area (Å²) < 4.78 is 5.61. The highest BCUT2D eigenvalue weighted by atomic mass is 32.1. The lowest BCUT2D eigenvalue weighted by Gasteiger charge is -2.13. The highest BCUT2D eigenvalue weighted by Gasteiger charge is 2.18. The van der Waals surface area contributed by atoms with Gasteiger partial charge < -0.3 is 25.1 Å². The van der Waals surface area contributed by atoms with Crippen LogP contribution in [0.15, 0.2) is 57.6 Å². The Kier molecular flexibility index (Phi) is 6.13. The molecule has 0 saturated carbocycles. The Labute approximate surface area is 166 Å². The third-order valence-corrected chi connectivity index (χ3v) is 4.75. The molecule has 2 heterocycles. The van der Waals surface area contributed by atoms with Gasteiger partial charge in [0.1, 0.15) is 17.6 Å². The second-order valence-corrected chi connectivity index (χ2v) is 7.12. The largest absolute Gasteiger partial charge is 0.458 e. The van der Waals surface area contributed by atoms with E-state index in [2.05, 4.69) is 10.6 Å². The smallest absolute Gasteiger partial charge is 0.313 e. The van der Waals surface area contributed by atoms with E-state index >= 15 is 0 Å². The van der Waals surface area contributed by atoms with Gasteiger partial charge in [-0.05, 0) is 47.8 Å². The molecule has 0 saturated heterocycles. The van der Waals surface area contributed by atoms with E-state index in [1.54, 1.807) is 35.6 Å². The first-order valence-electron chi connectivity index (χ1n) is 8.61.